The number of non-ortho nitro benzene ring substituents is 1. The molecule has 7 nitrogen and oxygen atoms in total. The van der Waals surface area contributed by atoms with Gasteiger partial charge in [-0.25, -0.2) is 9.98 Å². The fourth-order valence-corrected chi connectivity index (χ4v) is 3.47. The summed E-state index contributed by atoms with van der Waals surface area (Å²) in [5, 5.41) is 23.1. The highest BCUT2D eigenvalue weighted by Gasteiger charge is 2.32. The van der Waals surface area contributed by atoms with Crippen LogP contribution in [0.15, 0.2) is 46.0 Å². The highest BCUT2D eigenvalue weighted by atomic mass is 32.1. The van der Waals surface area contributed by atoms with E-state index in [0.717, 1.165) is 0 Å². The molecule has 1 aromatic carbocycles. The topological polar surface area (TPSA) is 106 Å². The lowest BCUT2D eigenvalue weighted by Crippen LogP contribution is -2.26. The Balaban J connectivity index is 1.83. The van der Waals surface area contributed by atoms with E-state index in [1.165, 1.54) is 29.7 Å². The van der Waals surface area contributed by atoms with E-state index in [-0.39, 0.29) is 28.2 Å². The molecule has 0 spiro atoms. The molecule has 1 N–H and O–H groups in total. The summed E-state index contributed by atoms with van der Waals surface area (Å²) in [6.45, 7) is 3.86. The van der Waals surface area contributed by atoms with Crippen LogP contribution in [0.5, 0.6) is 0 Å². The first-order valence-corrected chi connectivity index (χ1v) is 8.83. The van der Waals surface area contributed by atoms with Gasteiger partial charge in [-0.15, -0.1) is 11.3 Å². The number of nitrogens with zero attached hydrogens (tertiary/aromatic N) is 3. The number of aliphatic hydroxyl groups excluding tert-OH is 1. The first kappa shape index (κ1) is 17.9. The number of thiazole rings is 1. The zero-order valence-corrected chi connectivity index (χ0v) is 15.1. The summed E-state index contributed by atoms with van der Waals surface area (Å²) >= 11 is 1.26. The van der Waals surface area contributed by atoms with E-state index in [0.29, 0.717) is 29.2 Å². The summed E-state index contributed by atoms with van der Waals surface area (Å²) in [6.07, 6.45) is 2.13. The van der Waals surface area contributed by atoms with Gasteiger partial charge in [0.1, 0.15) is 5.76 Å². The van der Waals surface area contributed by atoms with E-state index >= 15 is 0 Å². The summed E-state index contributed by atoms with van der Waals surface area (Å²) < 4.78 is 0. The van der Waals surface area contributed by atoms with Crippen molar-refractivity contribution in [3.63, 3.8) is 0 Å². The zero-order chi connectivity index (χ0) is 18.9. The second kappa shape index (κ2) is 6.80. The van der Waals surface area contributed by atoms with Crippen molar-refractivity contribution < 1.29 is 14.8 Å². The molecular weight excluding hydrogens is 354 g/mol. The zero-order valence-electron chi connectivity index (χ0n) is 14.3. The number of hydrogen-bond acceptors (Lipinski definition) is 7. The number of nitro benzene ring substituents is 1. The minimum atomic E-state index is -0.458. The van der Waals surface area contributed by atoms with Crippen molar-refractivity contribution in [2.45, 2.75) is 26.7 Å². The lowest BCUT2D eigenvalue weighted by Gasteiger charge is -2.28. The second-order valence-corrected chi connectivity index (χ2v) is 7.72. The van der Waals surface area contributed by atoms with Gasteiger partial charge in [0.2, 0.25) is 5.13 Å². The molecule has 2 aromatic rings. The fraction of sp³-hybridized carbons (Fsp3) is 0.278. The molecular formula is C18H17N3O4S. The summed E-state index contributed by atoms with van der Waals surface area (Å²) in [5.74, 6) is -0.0940. The van der Waals surface area contributed by atoms with Crippen LogP contribution in [-0.2, 0) is 4.79 Å². The summed E-state index contributed by atoms with van der Waals surface area (Å²) in [6, 6.07) is 6.20. The molecule has 0 atom stereocenters. The molecule has 0 bridgehead atoms. The molecule has 0 saturated heterocycles. The lowest BCUT2D eigenvalue weighted by molar-refractivity contribution is -0.384. The molecule has 1 aliphatic carbocycles. The van der Waals surface area contributed by atoms with E-state index in [1.807, 2.05) is 13.8 Å². The minimum absolute atomic E-state index is 0.00829. The van der Waals surface area contributed by atoms with E-state index < -0.39 is 4.92 Å². The standard InChI is InChI=1S/C18H17N3O4S/c1-18(2)7-15(22)13(16(23)8-18)9-19-17-20-14(10-26-17)11-4-3-5-12(6-11)21(24)25/h3-6,9-10,22H,7-8H2,1-2H3/b19-9+. The molecule has 0 fully saturated rings. The Bertz CT molecular complexity index is 943. The maximum Gasteiger partial charge on any atom is 0.270 e. The molecule has 0 amide bonds. The van der Waals surface area contributed by atoms with Gasteiger partial charge in [0.25, 0.3) is 5.69 Å². The Morgan fingerprint density at radius 1 is 1.38 bits per heavy atom. The van der Waals surface area contributed by atoms with Gasteiger partial charge in [0, 0.05) is 42.1 Å². The average molecular weight is 371 g/mol. The van der Waals surface area contributed by atoms with Crippen LogP contribution < -0.4 is 0 Å². The Labute approximate surface area is 153 Å². The Hall–Kier alpha value is -2.87. The van der Waals surface area contributed by atoms with Crippen molar-refractivity contribution in [1.82, 2.24) is 4.98 Å². The van der Waals surface area contributed by atoms with Crippen molar-refractivity contribution in [3.8, 4) is 11.3 Å². The molecule has 0 saturated carbocycles. The van der Waals surface area contributed by atoms with Gasteiger partial charge in [0.05, 0.1) is 16.2 Å². The van der Waals surface area contributed by atoms with Gasteiger partial charge in [-0.3, -0.25) is 14.9 Å². The Morgan fingerprint density at radius 2 is 2.15 bits per heavy atom. The van der Waals surface area contributed by atoms with Crippen LogP contribution in [0.4, 0.5) is 10.8 Å². The molecule has 0 unspecified atom stereocenters. The normalized spacial score (nSPS) is 17.1. The molecule has 3 rings (SSSR count). The lowest BCUT2D eigenvalue weighted by atomic mass is 9.77. The van der Waals surface area contributed by atoms with Crippen LogP contribution in [0.25, 0.3) is 11.3 Å². The van der Waals surface area contributed by atoms with E-state index in [2.05, 4.69) is 9.98 Å². The molecule has 0 radical (unpaired) electrons. The summed E-state index contributed by atoms with van der Waals surface area (Å²) in [5.41, 5.74) is 1.14. The highest BCUT2D eigenvalue weighted by Crippen LogP contribution is 2.35. The van der Waals surface area contributed by atoms with E-state index in [9.17, 15) is 20.0 Å². The monoisotopic (exact) mass is 371 g/mol. The quantitative estimate of drug-likeness (QED) is 0.479. The van der Waals surface area contributed by atoms with Crippen molar-refractivity contribution in [1.29, 1.82) is 0 Å². The second-order valence-electron chi connectivity index (χ2n) is 6.88. The predicted molar refractivity (Wildman–Crippen MR) is 100 cm³/mol. The molecule has 1 aliphatic rings. The SMILES string of the molecule is CC1(C)CC(=O)C(/C=N/c2nc(-c3cccc([N+](=O)[O-])c3)cs2)=C(O)C1. The van der Waals surface area contributed by atoms with Crippen LogP contribution in [-0.4, -0.2) is 27.0 Å². The number of aliphatic imine (C=N–C) groups is 1. The number of rotatable bonds is 4. The van der Waals surface area contributed by atoms with Gasteiger partial charge < -0.3 is 5.11 Å². The minimum Gasteiger partial charge on any atom is -0.511 e. The van der Waals surface area contributed by atoms with Gasteiger partial charge in [0.15, 0.2) is 5.78 Å². The molecule has 1 heterocycles. The Kier molecular flexibility index (Phi) is 4.69. The number of ketones is 1. The maximum atomic E-state index is 12.2. The number of benzene rings is 1. The summed E-state index contributed by atoms with van der Waals surface area (Å²) in [7, 11) is 0. The van der Waals surface area contributed by atoms with Crippen molar-refractivity contribution in [3.05, 3.63) is 51.1 Å². The van der Waals surface area contributed by atoms with E-state index in [4.69, 9.17) is 0 Å². The molecule has 1 aromatic heterocycles. The number of Topliss-reactive ketones (excluding diaryl/α,β-unsaturated/α-hetero) is 1. The van der Waals surface area contributed by atoms with Gasteiger partial charge in [-0.2, -0.15) is 0 Å². The van der Waals surface area contributed by atoms with Crippen LogP contribution in [0, 0.1) is 15.5 Å². The van der Waals surface area contributed by atoms with Gasteiger partial charge in [-0.05, 0) is 5.41 Å². The number of allylic oxidation sites excluding steroid dienone is 2. The molecule has 8 heteroatoms. The first-order valence-electron chi connectivity index (χ1n) is 7.95. The molecule has 26 heavy (non-hydrogen) atoms. The van der Waals surface area contributed by atoms with Crippen LogP contribution in [0.3, 0.4) is 0 Å². The van der Waals surface area contributed by atoms with Crippen molar-refractivity contribution in [2.75, 3.05) is 0 Å². The van der Waals surface area contributed by atoms with Crippen LogP contribution >= 0.6 is 11.3 Å². The highest BCUT2D eigenvalue weighted by molar-refractivity contribution is 7.13. The number of aromatic nitrogens is 1. The van der Waals surface area contributed by atoms with Crippen LogP contribution in [0.2, 0.25) is 0 Å². The third kappa shape index (κ3) is 3.85. The average Bonchev–Trinajstić information content (AvgIpc) is 3.02. The fourth-order valence-electron chi connectivity index (χ4n) is 2.80. The summed E-state index contributed by atoms with van der Waals surface area (Å²) in [4.78, 5) is 31.1. The molecule has 134 valence electrons. The first-order chi connectivity index (χ1) is 12.2. The maximum absolute atomic E-state index is 12.2. The van der Waals surface area contributed by atoms with Gasteiger partial charge in [-0.1, -0.05) is 26.0 Å². The largest absolute Gasteiger partial charge is 0.511 e. The number of carbonyl (C=O) groups excluding carboxylic acids is 1. The third-order valence-electron chi connectivity index (χ3n) is 4.05. The van der Waals surface area contributed by atoms with Crippen LogP contribution in [0.1, 0.15) is 26.7 Å². The number of hydrogen-bond donors (Lipinski definition) is 1. The van der Waals surface area contributed by atoms with E-state index in [1.54, 1.807) is 17.5 Å². The van der Waals surface area contributed by atoms with Crippen molar-refractivity contribution in [2.24, 2.45) is 10.4 Å². The van der Waals surface area contributed by atoms with Crippen molar-refractivity contribution >= 4 is 34.2 Å². The predicted octanol–water partition coefficient (Wildman–Crippen LogP) is 4.62. The third-order valence-corrected chi connectivity index (χ3v) is 4.79. The number of carbonyl (C=O) groups is 1. The number of nitro groups is 1. The Morgan fingerprint density at radius 3 is 2.85 bits per heavy atom. The number of aliphatic hydroxyl groups is 1. The smallest absolute Gasteiger partial charge is 0.270 e. The molecule has 0 aliphatic heterocycles. The van der Waals surface area contributed by atoms with Gasteiger partial charge >= 0.3 is 0 Å².